The molecule has 0 unspecified atom stereocenters. The van der Waals surface area contributed by atoms with Crippen molar-refractivity contribution < 1.29 is 9.53 Å². The summed E-state index contributed by atoms with van der Waals surface area (Å²) < 4.78 is 8.72. The topological polar surface area (TPSA) is 85.6 Å². The van der Waals surface area contributed by atoms with E-state index in [-0.39, 0.29) is 18.0 Å². The summed E-state index contributed by atoms with van der Waals surface area (Å²) in [7, 11) is 3.77. The number of para-hydroxylation sites is 1. The molecule has 144 valence electrons. The van der Waals surface area contributed by atoms with Crippen LogP contribution in [0.3, 0.4) is 0 Å². The molecule has 0 bridgehead atoms. The number of amides is 1. The Balaban J connectivity index is 1.99. The number of nitrogens with zero attached hydrogens (tertiary/aromatic N) is 3. The molecule has 0 radical (unpaired) electrons. The van der Waals surface area contributed by atoms with Gasteiger partial charge >= 0.3 is 5.69 Å². The first kappa shape index (κ1) is 18.0. The molecule has 2 aromatic carbocycles. The molecule has 0 spiro atoms. The number of hydrogen-bond donors (Lipinski definition) is 1. The number of anilines is 1. The third-order valence-electron chi connectivity index (χ3n) is 4.63. The van der Waals surface area contributed by atoms with Gasteiger partial charge in [0.05, 0.1) is 11.1 Å². The highest BCUT2D eigenvalue weighted by Gasteiger charge is 2.25. The predicted octanol–water partition coefficient (Wildman–Crippen LogP) is 1.78. The Hall–Kier alpha value is -3.39. The second-order valence-corrected chi connectivity index (χ2v) is 7.00. The Kier molecular flexibility index (Phi) is 4.27. The maximum atomic E-state index is 13.2. The van der Waals surface area contributed by atoms with Crippen molar-refractivity contribution >= 4 is 22.5 Å². The van der Waals surface area contributed by atoms with Crippen LogP contribution in [0.15, 0.2) is 46.0 Å². The van der Waals surface area contributed by atoms with Crippen LogP contribution < -0.4 is 21.3 Å². The van der Waals surface area contributed by atoms with Gasteiger partial charge in [-0.1, -0.05) is 6.07 Å². The average Bonchev–Trinajstić information content (AvgIpc) is 2.63. The van der Waals surface area contributed by atoms with E-state index in [1.807, 2.05) is 19.0 Å². The molecule has 8 heteroatoms. The molecular formula is C20H20N4O4. The van der Waals surface area contributed by atoms with Crippen molar-refractivity contribution in [2.45, 2.75) is 13.5 Å². The van der Waals surface area contributed by atoms with Crippen LogP contribution in [0.25, 0.3) is 16.6 Å². The van der Waals surface area contributed by atoms with Crippen LogP contribution in [0.5, 0.6) is 11.5 Å². The number of likely N-dealkylation sites (N-methyl/N-ethyl adjacent to an activating group) is 1. The standard InChI is InChI=1S/C20H20N4O4/c1-12(25)21-13-7-8-15-17(11-13)28-16-6-4-5-14-18(16)24(15)20(27)23(19(14)26)10-9-22(2)3/h4-8,11H,9-10H2,1-3H3,(H,21,25). The molecule has 1 N–H and O–H groups in total. The highest BCUT2D eigenvalue weighted by Crippen LogP contribution is 2.39. The minimum atomic E-state index is -0.413. The predicted molar refractivity (Wildman–Crippen MR) is 107 cm³/mol. The van der Waals surface area contributed by atoms with Gasteiger partial charge in [0.1, 0.15) is 5.52 Å². The first-order valence-corrected chi connectivity index (χ1v) is 8.90. The fourth-order valence-corrected chi connectivity index (χ4v) is 3.36. The third kappa shape index (κ3) is 2.87. The van der Waals surface area contributed by atoms with Gasteiger partial charge in [0.15, 0.2) is 11.5 Å². The number of aromatic nitrogens is 2. The number of carbonyl (C=O) groups is 1. The van der Waals surface area contributed by atoms with Gasteiger partial charge in [-0.2, -0.15) is 0 Å². The number of nitrogens with one attached hydrogen (secondary N) is 1. The van der Waals surface area contributed by atoms with Crippen molar-refractivity contribution in [2.75, 3.05) is 26.0 Å². The summed E-state index contributed by atoms with van der Waals surface area (Å²) in [5.74, 6) is 0.665. The molecule has 28 heavy (non-hydrogen) atoms. The Bertz CT molecular complexity index is 1220. The smallest absolute Gasteiger partial charge is 0.336 e. The van der Waals surface area contributed by atoms with Crippen LogP contribution in [0, 0.1) is 0 Å². The summed E-state index contributed by atoms with van der Waals surface area (Å²) in [6.07, 6.45) is 0. The average molecular weight is 380 g/mol. The van der Waals surface area contributed by atoms with E-state index in [4.69, 9.17) is 4.74 Å². The maximum Gasteiger partial charge on any atom is 0.336 e. The largest absolute Gasteiger partial charge is 0.453 e. The van der Waals surface area contributed by atoms with Gasteiger partial charge in [-0.3, -0.25) is 18.7 Å². The summed E-state index contributed by atoms with van der Waals surface area (Å²) in [5.41, 5.74) is 0.807. The van der Waals surface area contributed by atoms with E-state index >= 15 is 0 Å². The van der Waals surface area contributed by atoms with Crippen molar-refractivity contribution in [3.8, 4) is 17.2 Å². The Morgan fingerprint density at radius 3 is 2.64 bits per heavy atom. The Labute approximate surface area is 160 Å². The molecule has 0 saturated heterocycles. The monoisotopic (exact) mass is 380 g/mol. The molecule has 2 heterocycles. The summed E-state index contributed by atoms with van der Waals surface area (Å²) in [6, 6.07) is 10.2. The molecule has 8 nitrogen and oxygen atoms in total. The van der Waals surface area contributed by atoms with Crippen molar-refractivity contribution in [1.82, 2.24) is 14.0 Å². The lowest BCUT2D eigenvalue weighted by atomic mass is 10.1. The van der Waals surface area contributed by atoms with Gasteiger partial charge in [0.25, 0.3) is 5.56 Å². The second kappa shape index (κ2) is 6.65. The molecule has 1 amide bonds. The van der Waals surface area contributed by atoms with Gasteiger partial charge in [-0.05, 0) is 38.4 Å². The second-order valence-electron chi connectivity index (χ2n) is 7.00. The minimum Gasteiger partial charge on any atom is -0.453 e. The van der Waals surface area contributed by atoms with E-state index in [1.165, 1.54) is 16.1 Å². The molecule has 0 atom stereocenters. The van der Waals surface area contributed by atoms with Crippen molar-refractivity contribution in [2.24, 2.45) is 0 Å². The van der Waals surface area contributed by atoms with Crippen LogP contribution in [0.2, 0.25) is 0 Å². The zero-order valence-electron chi connectivity index (χ0n) is 15.9. The van der Waals surface area contributed by atoms with Gasteiger partial charge in [0, 0.05) is 31.8 Å². The fourth-order valence-electron chi connectivity index (χ4n) is 3.36. The minimum absolute atomic E-state index is 0.201. The van der Waals surface area contributed by atoms with Gasteiger partial charge in [-0.15, -0.1) is 0 Å². The number of carbonyl (C=O) groups excluding carboxylic acids is 1. The van der Waals surface area contributed by atoms with Crippen molar-refractivity contribution in [3.63, 3.8) is 0 Å². The zero-order valence-corrected chi connectivity index (χ0v) is 15.9. The molecular weight excluding hydrogens is 360 g/mol. The Morgan fingerprint density at radius 1 is 1.14 bits per heavy atom. The number of ether oxygens (including phenoxy) is 1. The zero-order chi connectivity index (χ0) is 20.0. The van der Waals surface area contributed by atoms with E-state index in [9.17, 15) is 14.4 Å². The van der Waals surface area contributed by atoms with Crippen LogP contribution in [0.4, 0.5) is 5.69 Å². The van der Waals surface area contributed by atoms with E-state index in [2.05, 4.69) is 5.32 Å². The quantitative estimate of drug-likeness (QED) is 0.583. The first-order chi connectivity index (χ1) is 13.4. The van der Waals surface area contributed by atoms with Crippen LogP contribution in [-0.4, -0.2) is 40.6 Å². The lowest BCUT2D eigenvalue weighted by molar-refractivity contribution is -0.114. The number of rotatable bonds is 4. The molecule has 0 saturated carbocycles. The lowest BCUT2D eigenvalue weighted by Crippen LogP contribution is -2.42. The summed E-state index contributed by atoms with van der Waals surface area (Å²) in [6.45, 7) is 2.26. The third-order valence-corrected chi connectivity index (χ3v) is 4.63. The SMILES string of the molecule is CC(=O)Nc1ccc2c(c1)Oc1cccc3c(=O)n(CCN(C)C)c(=O)n-2c13. The van der Waals surface area contributed by atoms with Crippen LogP contribution in [0.1, 0.15) is 6.92 Å². The number of hydrogen-bond acceptors (Lipinski definition) is 5. The lowest BCUT2D eigenvalue weighted by Gasteiger charge is -2.24. The van der Waals surface area contributed by atoms with E-state index in [0.717, 1.165) is 0 Å². The summed E-state index contributed by atoms with van der Waals surface area (Å²) in [4.78, 5) is 39.4. The maximum absolute atomic E-state index is 13.2. The highest BCUT2D eigenvalue weighted by atomic mass is 16.5. The number of fused-ring (bicyclic) bond motifs is 2. The van der Waals surface area contributed by atoms with Crippen LogP contribution in [-0.2, 0) is 11.3 Å². The molecule has 1 aliphatic heterocycles. The summed E-state index contributed by atoms with van der Waals surface area (Å²) >= 11 is 0. The molecule has 0 aliphatic carbocycles. The first-order valence-electron chi connectivity index (χ1n) is 8.90. The molecule has 1 aromatic heterocycles. The molecule has 0 fully saturated rings. The van der Waals surface area contributed by atoms with E-state index in [0.29, 0.717) is 40.3 Å². The van der Waals surface area contributed by atoms with Crippen molar-refractivity contribution in [3.05, 3.63) is 57.2 Å². The molecule has 4 rings (SSSR count). The van der Waals surface area contributed by atoms with E-state index < -0.39 is 5.69 Å². The van der Waals surface area contributed by atoms with Gasteiger partial charge in [-0.25, -0.2) is 4.79 Å². The van der Waals surface area contributed by atoms with Crippen molar-refractivity contribution in [1.29, 1.82) is 0 Å². The normalized spacial score (nSPS) is 12.0. The van der Waals surface area contributed by atoms with Crippen LogP contribution >= 0.6 is 0 Å². The fraction of sp³-hybridized carbons (Fsp3) is 0.250. The number of benzene rings is 2. The summed E-state index contributed by atoms with van der Waals surface area (Å²) in [5, 5.41) is 3.13. The van der Waals surface area contributed by atoms with Gasteiger partial charge in [0.2, 0.25) is 5.91 Å². The Morgan fingerprint density at radius 2 is 1.93 bits per heavy atom. The molecule has 1 aliphatic rings. The highest BCUT2D eigenvalue weighted by molar-refractivity contribution is 5.91. The van der Waals surface area contributed by atoms with Gasteiger partial charge < -0.3 is 15.0 Å². The molecule has 3 aromatic rings. The van der Waals surface area contributed by atoms with E-state index in [1.54, 1.807) is 36.4 Å².